The second-order valence-electron chi connectivity index (χ2n) is 4.72. The van der Waals surface area contributed by atoms with Crippen molar-refractivity contribution in [2.45, 2.75) is 12.8 Å². The molecule has 0 atom stereocenters. The fraction of sp³-hybridized carbons (Fsp3) is 0.417. The third kappa shape index (κ3) is 3.88. The van der Waals surface area contributed by atoms with Gasteiger partial charge in [0.2, 0.25) is 0 Å². The number of rotatable bonds is 4. The molecule has 6 nitrogen and oxygen atoms in total. The Morgan fingerprint density at radius 3 is 2.57 bits per heavy atom. The lowest BCUT2D eigenvalue weighted by Gasteiger charge is -2.29. The molecule has 1 aliphatic rings. The average molecular weight is 398 g/mol. The van der Waals surface area contributed by atoms with Gasteiger partial charge in [-0.1, -0.05) is 17.7 Å². The van der Waals surface area contributed by atoms with Crippen molar-refractivity contribution in [2.24, 2.45) is 5.92 Å². The monoisotopic (exact) mass is 396 g/mol. The van der Waals surface area contributed by atoms with E-state index >= 15 is 0 Å². The van der Waals surface area contributed by atoms with Crippen LogP contribution in [0.1, 0.15) is 12.8 Å². The Kier molecular flexibility index (Phi) is 5.13. The smallest absolute Gasteiger partial charge is 0.306 e. The Labute approximate surface area is 136 Å². The molecule has 0 spiro atoms. The SMILES string of the molecule is O=C(O)C1CCN(S(=O)(=O)Nc2cccc(Cl)c2Br)CC1. The predicted octanol–water partition coefficient (Wildman–Crippen LogP) is 2.56. The molecule has 2 rings (SSSR count). The number of piperidine rings is 1. The fourth-order valence-corrected chi connectivity index (χ4v) is 4.07. The quantitative estimate of drug-likeness (QED) is 0.817. The molecule has 2 N–H and O–H groups in total. The van der Waals surface area contributed by atoms with E-state index in [0.717, 1.165) is 0 Å². The second kappa shape index (κ2) is 6.51. The third-order valence-electron chi connectivity index (χ3n) is 3.33. The van der Waals surface area contributed by atoms with Crippen LogP contribution < -0.4 is 4.72 Å². The number of aliphatic carboxylic acids is 1. The number of hydrogen-bond donors (Lipinski definition) is 2. The first-order valence-electron chi connectivity index (χ1n) is 6.26. The minimum Gasteiger partial charge on any atom is -0.481 e. The number of anilines is 1. The number of carbonyl (C=O) groups is 1. The van der Waals surface area contributed by atoms with Crippen LogP contribution in [0.25, 0.3) is 0 Å². The van der Waals surface area contributed by atoms with Crippen molar-refractivity contribution in [1.82, 2.24) is 4.31 Å². The highest BCUT2D eigenvalue weighted by molar-refractivity contribution is 9.10. The number of halogens is 2. The summed E-state index contributed by atoms with van der Waals surface area (Å²) in [5.74, 6) is -1.35. The molecule has 9 heteroatoms. The van der Waals surface area contributed by atoms with Gasteiger partial charge in [0.25, 0.3) is 0 Å². The van der Waals surface area contributed by atoms with Crippen LogP contribution in [0.3, 0.4) is 0 Å². The first-order valence-corrected chi connectivity index (χ1v) is 8.87. The Morgan fingerprint density at radius 2 is 2.00 bits per heavy atom. The first-order chi connectivity index (χ1) is 9.81. The number of hydrogen-bond acceptors (Lipinski definition) is 3. The zero-order valence-corrected chi connectivity index (χ0v) is 14.1. The van der Waals surface area contributed by atoms with Gasteiger partial charge in [0.15, 0.2) is 0 Å². The van der Waals surface area contributed by atoms with Crippen LogP contribution in [-0.4, -0.2) is 36.9 Å². The van der Waals surface area contributed by atoms with Crippen LogP contribution in [0, 0.1) is 5.92 Å². The van der Waals surface area contributed by atoms with E-state index in [-0.39, 0.29) is 13.1 Å². The molecule has 1 heterocycles. The van der Waals surface area contributed by atoms with Gasteiger partial charge in [0.05, 0.1) is 21.1 Å². The highest BCUT2D eigenvalue weighted by atomic mass is 79.9. The van der Waals surface area contributed by atoms with E-state index in [1.54, 1.807) is 18.2 Å². The van der Waals surface area contributed by atoms with Gasteiger partial charge in [-0.2, -0.15) is 12.7 Å². The molecule has 1 aliphatic heterocycles. The van der Waals surface area contributed by atoms with Gasteiger partial charge in [-0.3, -0.25) is 9.52 Å². The highest BCUT2D eigenvalue weighted by Crippen LogP contribution is 2.31. The van der Waals surface area contributed by atoms with Gasteiger partial charge >= 0.3 is 16.2 Å². The van der Waals surface area contributed by atoms with Gasteiger partial charge in [0, 0.05) is 13.1 Å². The standard InChI is InChI=1S/C12H14BrClN2O4S/c13-11-9(14)2-1-3-10(11)15-21(19,20)16-6-4-8(5-7-16)12(17)18/h1-3,8,15H,4-7H2,(H,17,18). The van der Waals surface area contributed by atoms with Crippen LogP contribution in [0.2, 0.25) is 5.02 Å². The number of benzene rings is 1. The van der Waals surface area contributed by atoms with Gasteiger partial charge < -0.3 is 5.11 Å². The number of carboxylic acids is 1. The summed E-state index contributed by atoms with van der Waals surface area (Å²) in [6.07, 6.45) is 0.625. The van der Waals surface area contributed by atoms with Gasteiger partial charge in [-0.05, 0) is 40.9 Å². The van der Waals surface area contributed by atoms with E-state index in [2.05, 4.69) is 20.7 Å². The third-order valence-corrected chi connectivity index (χ3v) is 6.25. The van der Waals surface area contributed by atoms with E-state index in [4.69, 9.17) is 16.7 Å². The van der Waals surface area contributed by atoms with Crippen LogP contribution >= 0.6 is 27.5 Å². The molecule has 1 aromatic carbocycles. The summed E-state index contributed by atoms with van der Waals surface area (Å²) in [6.45, 7) is 0.370. The second-order valence-corrected chi connectivity index (χ2v) is 7.59. The lowest BCUT2D eigenvalue weighted by molar-refractivity contribution is -0.142. The Bertz CT molecular complexity index is 645. The zero-order valence-electron chi connectivity index (χ0n) is 10.9. The first kappa shape index (κ1) is 16.5. The molecular weight excluding hydrogens is 384 g/mol. The van der Waals surface area contributed by atoms with Crippen molar-refractivity contribution in [3.05, 3.63) is 27.7 Å². The van der Waals surface area contributed by atoms with Crippen molar-refractivity contribution in [3.63, 3.8) is 0 Å². The molecule has 1 saturated heterocycles. The molecule has 0 bridgehead atoms. The average Bonchev–Trinajstić information content (AvgIpc) is 2.44. The molecule has 0 aliphatic carbocycles. The molecule has 21 heavy (non-hydrogen) atoms. The minimum absolute atomic E-state index is 0.185. The van der Waals surface area contributed by atoms with Crippen molar-refractivity contribution >= 4 is 49.4 Å². The summed E-state index contributed by atoms with van der Waals surface area (Å²) in [4.78, 5) is 10.9. The van der Waals surface area contributed by atoms with Gasteiger partial charge in [-0.25, -0.2) is 0 Å². The van der Waals surface area contributed by atoms with Gasteiger partial charge in [-0.15, -0.1) is 0 Å². The maximum absolute atomic E-state index is 12.3. The summed E-state index contributed by atoms with van der Waals surface area (Å²) in [5, 5.41) is 9.33. The Morgan fingerprint density at radius 1 is 1.38 bits per heavy atom. The zero-order chi connectivity index (χ0) is 15.6. The molecule has 1 fully saturated rings. The van der Waals surface area contributed by atoms with Crippen LogP contribution in [0.5, 0.6) is 0 Å². The van der Waals surface area contributed by atoms with Crippen LogP contribution in [0.4, 0.5) is 5.69 Å². The van der Waals surface area contributed by atoms with Crippen LogP contribution in [-0.2, 0) is 15.0 Å². The molecule has 0 unspecified atom stereocenters. The maximum Gasteiger partial charge on any atom is 0.306 e. The minimum atomic E-state index is -3.72. The largest absolute Gasteiger partial charge is 0.481 e. The normalized spacial score (nSPS) is 17.6. The van der Waals surface area contributed by atoms with Crippen molar-refractivity contribution in [1.29, 1.82) is 0 Å². The molecule has 1 aromatic rings. The van der Waals surface area contributed by atoms with E-state index < -0.39 is 22.1 Å². The van der Waals surface area contributed by atoms with Crippen molar-refractivity contribution in [2.75, 3.05) is 17.8 Å². The maximum atomic E-state index is 12.3. The van der Waals surface area contributed by atoms with Crippen molar-refractivity contribution < 1.29 is 18.3 Å². The lowest BCUT2D eigenvalue weighted by atomic mass is 9.99. The summed E-state index contributed by atoms with van der Waals surface area (Å²) in [7, 11) is -3.72. The number of nitrogens with zero attached hydrogens (tertiary/aromatic N) is 1. The summed E-state index contributed by atoms with van der Waals surface area (Å²) in [5.41, 5.74) is 0.350. The lowest BCUT2D eigenvalue weighted by Crippen LogP contribution is -2.43. The molecule has 0 radical (unpaired) electrons. The molecular formula is C12H14BrClN2O4S. The highest BCUT2D eigenvalue weighted by Gasteiger charge is 2.31. The molecule has 0 amide bonds. The summed E-state index contributed by atoms with van der Waals surface area (Å²) < 4.78 is 28.8. The van der Waals surface area contributed by atoms with Crippen molar-refractivity contribution in [3.8, 4) is 0 Å². The van der Waals surface area contributed by atoms with E-state index in [1.165, 1.54) is 4.31 Å². The summed E-state index contributed by atoms with van der Waals surface area (Å²) in [6, 6.07) is 4.88. The van der Waals surface area contributed by atoms with Gasteiger partial charge in [0.1, 0.15) is 0 Å². The Balaban J connectivity index is 2.09. The van der Waals surface area contributed by atoms with E-state index in [1.807, 2.05) is 0 Å². The summed E-state index contributed by atoms with van der Waals surface area (Å²) >= 11 is 9.15. The van der Waals surface area contributed by atoms with E-state index in [9.17, 15) is 13.2 Å². The number of nitrogens with one attached hydrogen (secondary N) is 1. The molecule has 0 saturated carbocycles. The van der Waals surface area contributed by atoms with E-state index in [0.29, 0.717) is 28.0 Å². The number of carboxylic acid groups (broad SMARTS) is 1. The Hall–Kier alpha value is -0.830. The predicted molar refractivity (Wildman–Crippen MR) is 83.6 cm³/mol. The molecule has 116 valence electrons. The fourth-order valence-electron chi connectivity index (χ4n) is 2.13. The van der Waals surface area contributed by atoms with Crippen LogP contribution in [0.15, 0.2) is 22.7 Å². The topological polar surface area (TPSA) is 86.7 Å². The molecule has 0 aromatic heterocycles.